The fourth-order valence-electron chi connectivity index (χ4n) is 2.83. The van der Waals surface area contributed by atoms with Crippen LogP contribution in [0.25, 0.3) is 0 Å². The Morgan fingerprint density at radius 1 is 1.25 bits per heavy atom. The minimum atomic E-state index is -0.551. The van der Waals surface area contributed by atoms with Gasteiger partial charge in [0.2, 0.25) is 5.43 Å². The summed E-state index contributed by atoms with van der Waals surface area (Å²) in [6, 6.07) is 11.3. The number of hydrogen-bond acceptors (Lipinski definition) is 4. The third kappa shape index (κ3) is 3.86. The van der Waals surface area contributed by atoms with Crippen molar-refractivity contribution in [2.75, 3.05) is 6.61 Å². The molecule has 0 bridgehead atoms. The van der Waals surface area contributed by atoms with Crippen molar-refractivity contribution in [3.8, 4) is 5.75 Å². The molecule has 1 aliphatic rings. The third-order valence-corrected chi connectivity index (χ3v) is 4.08. The molecule has 128 valence electrons. The van der Waals surface area contributed by atoms with Gasteiger partial charge >= 0.3 is 0 Å². The van der Waals surface area contributed by atoms with Gasteiger partial charge in [-0.05, 0) is 26.3 Å². The SMILES string of the molecule is Cc1c(OCc2ccccc2)c(=O)ccn1CC1COC(C)(C)O1. The summed E-state index contributed by atoms with van der Waals surface area (Å²) < 4.78 is 19.2. The van der Waals surface area contributed by atoms with Crippen LogP contribution in [-0.4, -0.2) is 23.1 Å². The van der Waals surface area contributed by atoms with Gasteiger partial charge in [0.1, 0.15) is 12.7 Å². The predicted molar refractivity (Wildman–Crippen MR) is 91.1 cm³/mol. The second kappa shape index (κ2) is 6.79. The standard InChI is InChI=1S/C19H23NO4/c1-14-18(22-12-15-7-5-4-6-8-15)17(21)9-10-20(14)11-16-13-23-19(2,3)24-16/h4-10,16H,11-13H2,1-3H3. The minimum Gasteiger partial charge on any atom is -0.483 e. The van der Waals surface area contributed by atoms with E-state index in [2.05, 4.69) is 0 Å². The molecular formula is C19H23NO4. The normalized spacial score (nSPS) is 19.4. The Labute approximate surface area is 141 Å². The van der Waals surface area contributed by atoms with E-state index in [1.54, 1.807) is 6.20 Å². The van der Waals surface area contributed by atoms with Crippen LogP contribution in [0.1, 0.15) is 25.1 Å². The Kier molecular flexibility index (Phi) is 4.73. The predicted octanol–water partition coefficient (Wildman–Crippen LogP) is 2.89. The van der Waals surface area contributed by atoms with E-state index in [0.717, 1.165) is 11.3 Å². The maximum Gasteiger partial charge on any atom is 0.223 e. The number of benzene rings is 1. The molecule has 0 saturated carbocycles. The van der Waals surface area contributed by atoms with Crippen LogP contribution >= 0.6 is 0 Å². The number of nitrogens with zero attached hydrogens (tertiary/aromatic N) is 1. The summed E-state index contributed by atoms with van der Waals surface area (Å²) in [5.41, 5.74) is 1.72. The van der Waals surface area contributed by atoms with Gasteiger partial charge in [0.25, 0.3) is 0 Å². The molecule has 0 amide bonds. The summed E-state index contributed by atoms with van der Waals surface area (Å²) >= 11 is 0. The molecule has 0 spiro atoms. The van der Waals surface area contributed by atoms with Crippen LogP contribution in [0.4, 0.5) is 0 Å². The van der Waals surface area contributed by atoms with Crippen molar-refractivity contribution in [3.05, 3.63) is 64.1 Å². The van der Waals surface area contributed by atoms with E-state index in [-0.39, 0.29) is 11.5 Å². The molecular weight excluding hydrogens is 306 g/mol. The molecule has 0 N–H and O–H groups in total. The first-order chi connectivity index (χ1) is 11.4. The maximum absolute atomic E-state index is 12.2. The Morgan fingerprint density at radius 3 is 2.67 bits per heavy atom. The van der Waals surface area contributed by atoms with Gasteiger partial charge in [0.05, 0.1) is 18.8 Å². The van der Waals surface area contributed by atoms with Gasteiger partial charge in [-0.2, -0.15) is 0 Å². The average molecular weight is 329 g/mol. The fraction of sp³-hybridized carbons (Fsp3) is 0.421. The molecule has 1 unspecified atom stereocenters. The molecule has 5 nitrogen and oxygen atoms in total. The summed E-state index contributed by atoms with van der Waals surface area (Å²) in [6.45, 7) is 7.23. The molecule has 1 saturated heterocycles. The summed E-state index contributed by atoms with van der Waals surface area (Å²) in [4.78, 5) is 12.2. The van der Waals surface area contributed by atoms with Gasteiger partial charge in [-0.15, -0.1) is 0 Å². The highest BCUT2D eigenvalue weighted by Crippen LogP contribution is 2.24. The summed E-state index contributed by atoms with van der Waals surface area (Å²) in [5, 5.41) is 0. The lowest BCUT2D eigenvalue weighted by Crippen LogP contribution is -2.25. The molecule has 1 fully saturated rings. The highest BCUT2D eigenvalue weighted by molar-refractivity contribution is 5.28. The van der Waals surface area contributed by atoms with E-state index >= 15 is 0 Å². The van der Waals surface area contributed by atoms with Crippen LogP contribution in [0.2, 0.25) is 0 Å². The third-order valence-electron chi connectivity index (χ3n) is 4.08. The highest BCUT2D eigenvalue weighted by atomic mass is 16.7. The summed E-state index contributed by atoms with van der Waals surface area (Å²) in [6.07, 6.45) is 1.74. The van der Waals surface area contributed by atoms with Crippen LogP contribution in [0, 0.1) is 6.92 Å². The monoisotopic (exact) mass is 329 g/mol. The lowest BCUT2D eigenvalue weighted by molar-refractivity contribution is -0.139. The Morgan fingerprint density at radius 2 is 2.00 bits per heavy atom. The van der Waals surface area contributed by atoms with Crippen LogP contribution in [-0.2, 0) is 22.6 Å². The van der Waals surface area contributed by atoms with Crippen LogP contribution in [0.5, 0.6) is 5.75 Å². The van der Waals surface area contributed by atoms with E-state index in [1.807, 2.05) is 55.7 Å². The lowest BCUT2D eigenvalue weighted by atomic mass is 10.2. The van der Waals surface area contributed by atoms with Crippen LogP contribution in [0.15, 0.2) is 47.4 Å². The minimum absolute atomic E-state index is 0.0387. The van der Waals surface area contributed by atoms with Gasteiger partial charge in [0.15, 0.2) is 11.5 Å². The first kappa shape index (κ1) is 16.7. The quantitative estimate of drug-likeness (QED) is 0.846. The van der Waals surface area contributed by atoms with E-state index in [9.17, 15) is 4.79 Å². The van der Waals surface area contributed by atoms with Gasteiger partial charge < -0.3 is 18.8 Å². The molecule has 0 aliphatic carbocycles. The first-order valence-corrected chi connectivity index (χ1v) is 8.13. The highest BCUT2D eigenvalue weighted by Gasteiger charge is 2.32. The van der Waals surface area contributed by atoms with Crippen LogP contribution in [0.3, 0.4) is 0 Å². The molecule has 1 aromatic heterocycles. The van der Waals surface area contributed by atoms with Crippen molar-refractivity contribution >= 4 is 0 Å². The van der Waals surface area contributed by atoms with Crippen molar-refractivity contribution in [2.24, 2.45) is 0 Å². The zero-order valence-corrected chi connectivity index (χ0v) is 14.3. The molecule has 0 radical (unpaired) electrons. The topological polar surface area (TPSA) is 49.7 Å². The molecule has 2 heterocycles. The summed E-state index contributed by atoms with van der Waals surface area (Å²) in [5.74, 6) is -0.163. The maximum atomic E-state index is 12.2. The van der Waals surface area contributed by atoms with Gasteiger partial charge in [0, 0.05) is 12.3 Å². The molecule has 2 aromatic rings. The van der Waals surface area contributed by atoms with Gasteiger partial charge in [-0.3, -0.25) is 4.79 Å². The summed E-state index contributed by atoms with van der Waals surface area (Å²) in [7, 11) is 0. The fourth-order valence-corrected chi connectivity index (χ4v) is 2.83. The number of hydrogen-bond donors (Lipinski definition) is 0. The molecule has 3 rings (SSSR count). The number of aromatic nitrogens is 1. The van der Waals surface area contributed by atoms with Crippen molar-refractivity contribution in [1.82, 2.24) is 4.57 Å². The molecule has 5 heteroatoms. The van der Waals surface area contributed by atoms with E-state index in [4.69, 9.17) is 14.2 Å². The molecule has 1 aliphatic heterocycles. The second-order valence-corrected chi connectivity index (χ2v) is 6.47. The average Bonchev–Trinajstić information content (AvgIpc) is 2.90. The van der Waals surface area contributed by atoms with Crippen molar-refractivity contribution < 1.29 is 14.2 Å². The zero-order valence-electron chi connectivity index (χ0n) is 14.3. The number of pyridine rings is 1. The Bertz CT molecular complexity index is 752. The zero-order chi connectivity index (χ0) is 17.2. The second-order valence-electron chi connectivity index (χ2n) is 6.47. The Balaban J connectivity index is 1.74. The lowest BCUT2D eigenvalue weighted by Gasteiger charge is -2.19. The van der Waals surface area contributed by atoms with Gasteiger partial charge in [-0.1, -0.05) is 30.3 Å². The van der Waals surface area contributed by atoms with Crippen molar-refractivity contribution in [2.45, 2.75) is 45.8 Å². The largest absolute Gasteiger partial charge is 0.483 e. The van der Waals surface area contributed by atoms with Gasteiger partial charge in [-0.25, -0.2) is 0 Å². The van der Waals surface area contributed by atoms with Crippen LogP contribution < -0.4 is 10.2 Å². The first-order valence-electron chi connectivity index (χ1n) is 8.13. The molecule has 24 heavy (non-hydrogen) atoms. The molecule has 1 atom stereocenters. The number of rotatable bonds is 5. The molecule has 1 aromatic carbocycles. The number of ether oxygens (including phenoxy) is 3. The van der Waals surface area contributed by atoms with E-state index in [0.29, 0.717) is 25.5 Å². The van der Waals surface area contributed by atoms with E-state index < -0.39 is 5.79 Å². The smallest absolute Gasteiger partial charge is 0.223 e. The Hall–Kier alpha value is -2.11. The van der Waals surface area contributed by atoms with Crippen molar-refractivity contribution in [3.63, 3.8) is 0 Å². The van der Waals surface area contributed by atoms with Crippen molar-refractivity contribution in [1.29, 1.82) is 0 Å². The van der Waals surface area contributed by atoms with E-state index in [1.165, 1.54) is 6.07 Å².